The van der Waals surface area contributed by atoms with Crippen LogP contribution in [0.3, 0.4) is 0 Å². The van der Waals surface area contributed by atoms with Gasteiger partial charge in [-0.25, -0.2) is 4.98 Å². The number of anilines is 2. The molecule has 0 amide bonds. The third-order valence-corrected chi connectivity index (χ3v) is 3.12. The van der Waals surface area contributed by atoms with Gasteiger partial charge in [-0.1, -0.05) is 18.2 Å². The molecule has 0 spiro atoms. The van der Waals surface area contributed by atoms with Gasteiger partial charge < -0.3 is 10.2 Å². The summed E-state index contributed by atoms with van der Waals surface area (Å²) in [6.45, 7) is 7.36. The summed E-state index contributed by atoms with van der Waals surface area (Å²) in [6, 6.07) is 14.5. The van der Waals surface area contributed by atoms with E-state index < -0.39 is 0 Å². The number of nitrogens with zero attached hydrogens (tertiary/aromatic N) is 2. The highest BCUT2D eigenvalue weighted by atomic mass is 15.2. The molecule has 3 nitrogen and oxygen atoms in total. The number of pyridine rings is 1. The van der Waals surface area contributed by atoms with Gasteiger partial charge in [0, 0.05) is 31.0 Å². The summed E-state index contributed by atoms with van der Waals surface area (Å²) in [5, 5.41) is 3.50. The van der Waals surface area contributed by atoms with Crippen molar-refractivity contribution in [2.24, 2.45) is 0 Å². The predicted octanol–water partition coefficient (Wildman–Crippen LogP) is 3.74. The van der Waals surface area contributed by atoms with Crippen molar-refractivity contribution in [3.05, 3.63) is 54.2 Å². The first-order valence-corrected chi connectivity index (χ1v) is 6.94. The zero-order valence-electron chi connectivity index (χ0n) is 12.7. The van der Waals surface area contributed by atoms with Crippen LogP contribution in [0.1, 0.15) is 26.3 Å². The molecule has 1 heterocycles. The summed E-state index contributed by atoms with van der Waals surface area (Å²) in [5.74, 6) is 0.962. The molecule has 0 saturated heterocycles. The standard InChI is InChI=1S/C17H23N3/c1-17(2,3)19-13-14-10-11-18-16(12-14)20(4)15-8-6-5-7-9-15/h5-12,19H,13H2,1-4H3. The van der Waals surface area contributed by atoms with E-state index in [4.69, 9.17) is 0 Å². The van der Waals surface area contributed by atoms with Crippen molar-refractivity contribution < 1.29 is 0 Å². The maximum atomic E-state index is 4.46. The maximum absolute atomic E-state index is 4.46. The maximum Gasteiger partial charge on any atom is 0.132 e. The molecule has 20 heavy (non-hydrogen) atoms. The smallest absolute Gasteiger partial charge is 0.132 e. The summed E-state index contributed by atoms with van der Waals surface area (Å²) >= 11 is 0. The molecule has 0 aliphatic carbocycles. The molecule has 1 aromatic carbocycles. The van der Waals surface area contributed by atoms with Crippen LogP contribution in [0, 0.1) is 0 Å². The summed E-state index contributed by atoms with van der Waals surface area (Å²) in [5.41, 5.74) is 2.50. The highest BCUT2D eigenvalue weighted by Crippen LogP contribution is 2.21. The number of nitrogens with one attached hydrogen (secondary N) is 1. The van der Waals surface area contributed by atoms with Crippen LogP contribution in [-0.4, -0.2) is 17.6 Å². The zero-order chi connectivity index (χ0) is 14.6. The topological polar surface area (TPSA) is 28.2 Å². The van der Waals surface area contributed by atoms with Gasteiger partial charge in [-0.2, -0.15) is 0 Å². The Morgan fingerprint density at radius 2 is 1.80 bits per heavy atom. The van der Waals surface area contributed by atoms with Crippen LogP contribution < -0.4 is 10.2 Å². The molecule has 1 N–H and O–H groups in total. The van der Waals surface area contributed by atoms with Crippen molar-refractivity contribution in [2.45, 2.75) is 32.9 Å². The number of benzene rings is 1. The highest BCUT2D eigenvalue weighted by molar-refractivity contribution is 5.59. The molecule has 0 aliphatic heterocycles. The van der Waals surface area contributed by atoms with Gasteiger partial charge in [0.05, 0.1) is 0 Å². The molecular weight excluding hydrogens is 246 g/mol. The lowest BCUT2D eigenvalue weighted by Gasteiger charge is -2.22. The van der Waals surface area contributed by atoms with Gasteiger partial charge >= 0.3 is 0 Å². The average molecular weight is 269 g/mol. The van der Waals surface area contributed by atoms with Crippen molar-refractivity contribution in [3.8, 4) is 0 Å². The van der Waals surface area contributed by atoms with E-state index in [1.54, 1.807) is 0 Å². The van der Waals surface area contributed by atoms with Crippen molar-refractivity contribution in [2.75, 3.05) is 11.9 Å². The number of para-hydroxylation sites is 1. The summed E-state index contributed by atoms with van der Waals surface area (Å²) in [4.78, 5) is 6.56. The minimum absolute atomic E-state index is 0.120. The third-order valence-electron chi connectivity index (χ3n) is 3.12. The Morgan fingerprint density at radius 1 is 1.10 bits per heavy atom. The Hall–Kier alpha value is -1.87. The van der Waals surface area contributed by atoms with Crippen LogP contribution in [0.2, 0.25) is 0 Å². The van der Waals surface area contributed by atoms with Crippen molar-refractivity contribution >= 4 is 11.5 Å². The highest BCUT2D eigenvalue weighted by Gasteiger charge is 2.10. The molecule has 0 bridgehead atoms. The van der Waals surface area contributed by atoms with Gasteiger partial charge in [-0.3, -0.25) is 0 Å². The lowest BCUT2D eigenvalue weighted by atomic mass is 10.1. The van der Waals surface area contributed by atoms with E-state index in [9.17, 15) is 0 Å². The van der Waals surface area contributed by atoms with E-state index in [1.165, 1.54) is 5.56 Å². The Labute approximate surface area is 121 Å². The molecule has 3 heteroatoms. The molecule has 2 aromatic rings. The van der Waals surface area contributed by atoms with Crippen LogP contribution in [0.4, 0.5) is 11.5 Å². The first-order valence-electron chi connectivity index (χ1n) is 6.94. The molecule has 0 radical (unpaired) electrons. The Morgan fingerprint density at radius 3 is 2.45 bits per heavy atom. The summed E-state index contributed by atoms with van der Waals surface area (Å²) < 4.78 is 0. The van der Waals surface area contributed by atoms with Gasteiger partial charge in [0.25, 0.3) is 0 Å². The van der Waals surface area contributed by atoms with E-state index in [0.29, 0.717) is 0 Å². The van der Waals surface area contributed by atoms with Gasteiger partial charge in [-0.15, -0.1) is 0 Å². The van der Waals surface area contributed by atoms with Gasteiger partial charge in [0.15, 0.2) is 0 Å². The molecule has 0 fully saturated rings. The van der Waals surface area contributed by atoms with Gasteiger partial charge in [-0.05, 0) is 50.6 Å². The molecule has 0 atom stereocenters. The number of rotatable bonds is 4. The van der Waals surface area contributed by atoms with Crippen LogP contribution in [-0.2, 0) is 6.54 Å². The van der Waals surface area contributed by atoms with Gasteiger partial charge in [0.2, 0.25) is 0 Å². The third kappa shape index (κ3) is 4.07. The minimum atomic E-state index is 0.120. The largest absolute Gasteiger partial charge is 0.329 e. The van der Waals surface area contributed by atoms with Crippen LogP contribution >= 0.6 is 0 Å². The first-order chi connectivity index (χ1) is 9.46. The minimum Gasteiger partial charge on any atom is -0.329 e. The van der Waals surface area contributed by atoms with E-state index in [1.807, 2.05) is 31.4 Å². The fraction of sp³-hybridized carbons (Fsp3) is 0.353. The molecular formula is C17H23N3. The lowest BCUT2D eigenvalue weighted by molar-refractivity contribution is 0.424. The predicted molar refractivity (Wildman–Crippen MR) is 85.3 cm³/mol. The fourth-order valence-corrected chi connectivity index (χ4v) is 1.91. The quantitative estimate of drug-likeness (QED) is 0.916. The van der Waals surface area contributed by atoms with Crippen molar-refractivity contribution in [1.29, 1.82) is 0 Å². The monoisotopic (exact) mass is 269 g/mol. The van der Waals surface area contributed by atoms with E-state index in [0.717, 1.165) is 18.1 Å². The van der Waals surface area contributed by atoms with Crippen LogP contribution in [0.25, 0.3) is 0 Å². The SMILES string of the molecule is CN(c1ccccc1)c1cc(CNC(C)(C)C)ccn1. The number of aromatic nitrogens is 1. The first kappa shape index (κ1) is 14.5. The van der Waals surface area contributed by atoms with Crippen molar-refractivity contribution in [3.63, 3.8) is 0 Å². The number of hydrogen-bond acceptors (Lipinski definition) is 3. The molecule has 0 unspecified atom stereocenters. The molecule has 0 saturated carbocycles. The molecule has 0 aliphatic rings. The zero-order valence-corrected chi connectivity index (χ0v) is 12.7. The summed E-state index contributed by atoms with van der Waals surface area (Å²) in [7, 11) is 2.04. The molecule has 1 aromatic heterocycles. The fourth-order valence-electron chi connectivity index (χ4n) is 1.91. The lowest BCUT2D eigenvalue weighted by Crippen LogP contribution is -2.35. The Balaban J connectivity index is 2.13. The Bertz CT molecular complexity index is 544. The Kier molecular flexibility index (Phi) is 4.40. The second-order valence-corrected chi connectivity index (χ2v) is 6.02. The number of hydrogen-bond donors (Lipinski definition) is 1. The summed E-state index contributed by atoms with van der Waals surface area (Å²) in [6.07, 6.45) is 1.87. The van der Waals surface area contributed by atoms with Gasteiger partial charge in [0.1, 0.15) is 5.82 Å². The average Bonchev–Trinajstić information content (AvgIpc) is 2.45. The van der Waals surface area contributed by atoms with E-state index in [2.05, 4.69) is 60.2 Å². The van der Waals surface area contributed by atoms with E-state index in [-0.39, 0.29) is 5.54 Å². The van der Waals surface area contributed by atoms with E-state index >= 15 is 0 Å². The van der Waals surface area contributed by atoms with Crippen molar-refractivity contribution in [1.82, 2.24) is 10.3 Å². The van der Waals surface area contributed by atoms with Crippen LogP contribution in [0.15, 0.2) is 48.7 Å². The molecule has 106 valence electrons. The second kappa shape index (κ2) is 6.06. The normalized spacial score (nSPS) is 11.4. The molecule has 2 rings (SSSR count). The second-order valence-electron chi connectivity index (χ2n) is 6.02. The van der Waals surface area contributed by atoms with Crippen LogP contribution in [0.5, 0.6) is 0 Å².